The average Bonchev–Trinajstić information content (AvgIpc) is 3.24. The summed E-state index contributed by atoms with van der Waals surface area (Å²) in [5.74, 6) is 0. The van der Waals surface area contributed by atoms with Crippen LogP contribution >= 0.6 is 0 Å². The second-order valence-electron chi connectivity index (χ2n) is 13.8. The molecule has 0 aliphatic rings. The molecule has 0 radical (unpaired) electrons. The van der Waals surface area contributed by atoms with E-state index in [1.165, 1.54) is 0 Å². The highest BCUT2D eigenvalue weighted by Crippen LogP contribution is 1.81. The number of methoxy groups -OCH3 is 4. The molecule has 0 saturated carbocycles. The van der Waals surface area contributed by atoms with Gasteiger partial charge in [-0.3, -0.25) is 0 Å². The third-order valence-corrected chi connectivity index (χ3v) is 7.26. The van der Waals surface area contributed by atoms with E-state index in [0.717, 1.165) is 158 Å². The van der Waals surface area contributed by atoms with Crippen LogP contribution in [0.3, 0.4) is 0 Å². The number of hydrogen-bond donors (Lipinski definition) is 3. The molecular weight excluding hydrogens is 781 g/mol. The Hall–Kier alpha value is -0.640. The van der Waals surface area contributed by atoms with Crippen LogP contribution in [-0.2, 0) is 37.9 Å². The van der Waals surface area contributed by atoms with Crippen molar-refractivity contribution < 1.29 is 37.9 Å². The molecule has 0 unspecified atom stereocenters. The summed E-state index contributed by atoms with van der Waals surface area (Å²) < 4.78 is 39.6. The summed E-state index contributed by atoms with van der Waals surface area (Å²) >= 11 is 0. The second-order valence-corrected chi connectivity index (χ2v) is 13.8. The van der Waals surface area contributed by atoms with Gasteiger partial charge in [0.25, 0.3) is 0 Å². The van der Waals surface area contributed by atoms with Crippen molar-refractivity contribution in [1.29, 1.82) is 0 Å². The van der Waals surface area contributed by atoms with E-state index in [9.17, 15) is 0 Å². The van der Waals surface area contributed by atoms with Crippen molar-refractivity contribution in [3.63, 3.8) is 0 Å². The minimum absolute atomic E-state index is 0.802. The van der Waals surface area contributed by atoms with Crippen molar-refractivity contribution in [3.05, 3.63) is 0 Å². The largest absolute Gasteiger partial charge is 0.383 e. The lowest BCUT2D eigenvalue weighted by molar-refractivity contribution is 0.124. The average molecular weight is 895 g/mol. The molecule has 3 N–H and O–H groups in total. The lowest BCUT2D eigenvalue weighted by Crippen LogP contribution is -2.22. The fourth-order valence-electron chi connectivity index (χ4n) is 3.01. The van der Waals surface area contributed by atoms with Gasteiger partial charge in [0.15, 0.2) is 0 Å². The highest BCUT2D eigenvalue weighted by atomic mass is 16.5. The first-order valence-electron chi connectivity index (χ1n) is 22.8. The van der Waals surface area contributed by atoms with Gasteiger partial charge in [0.2, 0.25) is 0 Å². The van der Waals surface area contributed by atoms with Crippen LogP contribution in [0.15, 0.2) is 0 Å². The maximum absolute atomic E-state index is 5.16. The van der Waals surface area contributed by atoms with E-state index < -0.39 is 0 Å². The SMILES string of the molecule is CCN(C)CCOC.CCNCCOC.CCNCCOCC.CCOCCN(C)C.CCOCCN(C)C.CCOCCN(C)CC.CNCCOC.COCCN(C)C. The van der Waals surface area contributed by atoms with Gasteiger partial charge in [0, 0.05) is 107 Å². The molecule has 0 aromatic heterocycles. The summed E-state index contributed by atoms with van der Waals surface area (Å²) in [6.45, 7) is 38.8. The van der Waals surface area contributed by atoms with E-state index in [1.54, 1.807) is 28.4 Å². The van der Waals surface area contributed by atoms with E-state index in [-0.39, 0.29) is 0 Å². The van der Waals surface area contributed by atoms with Gasteiger partial charge in [0.05, 0.1) is 52.9 Å². The molecule has 0 fully saturated rings. The summed E-state index contributed by atoms with van der Waals surface area (Å²) in [6.07, 6.45) is 0. The predicted molar refractivity (Wildman–Crippen MR) is 266 cm³/mol. The monoisotopic (exact) mass is 895 g/mol. The van der Waals surface area contributed by atoms with Gasteiger partial charge < -0.3 is 78.3 Å². The Kier molecular flexibility index (Phi) is 106. The first kappa shape index (κ1) is 77.6. The van der Waals surface area contributed by atoms with E-state index in [2.05, 4.69) is 82.2 Å². The molecule has 0 heterocycles. The maximum Gasteiger partial charge on any atom is 0.0593 e. The van der Waals surface area contributed by atoms with E-state index >= 15 is 0 Å². The van der Waals surface area contributed by atoms with Crippen molar-refractivity contribution in [3.8, 4) is 0 Å². The summed E-state index contributed by atoms with van der Waals surface area (Å²) in [5, 5.41) is 9.23. The van der Waals surface area contributed by atoms with Crippen LogP contribution in [0.4, 0.5) is 0 Å². The Morgan fingerprint density at radius 2 is 0.623 bits per heavy atom. The Balaban J connectivity index is -0.0000000879. The van der Waals surface area contributed by atoms with Crippen molar-refractivity contribution >= 4 is 0 Å². The Bertz CT molecular complexity index is 597. The second kappa shape index (κ2) is 83.0. The number of hydrogen-bond acceptors (Lipinski definition) is 16. The fraction of sp³-hybridized carbons (Fsp3) is 1.00. The Morgan fingerprint density at radius 1 is 0.344 bits per heavy atom. The fourth-order valence-corrected chi connectivity index (χ4v) is 3.01. The number of likely N-dealkylation sites (N-methyl/N-ethyl adjacent to an activating group) is 8. The molecule has 0 bridgehead atoms. The quantitative estimate of drug-likeness (QED) is 0.0851. The van der Waals surface area contributed by atoms with Gasteiger partial charge in [-0.1, -0.05) is 27.7 Å². The zero-order valence-corrected chi connectivity index (χ0v) is 45.0. The summed E-state index contributed by atoms with van der Waals surface area (Å²) in [7, 11) is 25.1. The third-order valence-electron chi connectivity index (χ3n) is 7.26. The third kappa shape index (κ3) is 133. The molecule has 0 spiro atoms. The van der Waals surface area contributed by atoms with Crippen LogP contribution < -0.4 is 16.0 Å². The van der Waals surface area contributed by atoms with Crippen molar-refractivity contribution in [2.75, 3.05) is 250 Å². The molecule has 0 aliphatic heterocycles. The standard InChI is InChI=1S/C7H17NO.4C6H15NO.2C5H13NO.C4H11NO/c1-4-8(3)6-7-9-5-2;1-4-7(2)5-6-8-3;2*1-4-8-6-5-7(2)3;1-3-7-5-6-8-4-2;1-6(2)4-5-7-3;1-3-6-4-5-7-2;1-5-3-4-6-2/h4-7H2,1-3H3;3*4-6H2,1-3H3;7H,3-6H2,1-2H3;4-5H2,1-3H3;6H,3-5H2,1-2H3;5H,3-4H2,1-2H3. The van der Waals surface area contributed by atoms with E-state index in [4.69, 9.17) is 37.9 Å². The van der Waals surface area contributed by atoms with Gasteiger partial charge in [-0.15, -0.1) is 0 Å². The lowest BCUT2D eigenvalue weighted by Gasteiger charge is -2.12. The number of nitrogens with one attached hydrogen (secondary N) is 3. The zero-order valence-electron chi connectivity index (χ0n) is 45.0. The van der Waals surface area contributed by atoms with Crippen LogP contribution in [0.5, 0.6) is 0 Å². The minimum Gasteiger partial charge on any atom is -0.383 e. The molecule has 16 heteroatoms. The molecule has 0 atom stereocenters. The first-order chi connectivity index (χ1) is 29.2. The molecule has 61 heavy (non-hydrogen) atoms. The van der Waals surface area contributed by atoms with Crippen molar-refractivity contribution in [1.82, 2.24) is 40.4 Å². The highest BCUT2D eigenvalue weighted by Gasteiger charge is 1.92. The van der Waals surface area contributed by atoms with Crippen molar-refractivity contribution in [2.24, 2.45) is 0 Å². The van der Waals surface area contributed by atoms with E-state index in [1.807, 2.05) is 77.0 Å². The minimum atomic E-state index is 0.802. The van der Waals surface area contributed by atoms with Crippen LogP contribution in [0.2, 0.25) is 0 Å². The van der Waals surface area contributed by atoms with Crippen LogP contribution in [0, 0.1) is 0 Å². The summed E-state index contributed by atoms with van der Waals surface area (Å²) in [6, 6.07) is 0. The molecular formula is C45H114N8O8. The number of ether oxygens (including phenoxy) is 8. The molecule has 16 nitrogen and oxygen atoms in total. The number of rotatable bonds is 32. The lowest BCUT2D eigenvalue weighted by atomic mass is 10.5. The predicted octanol–water partition coefficient (Wildman–Crippen LogP) is 3.65. The van der Waals surface area contributed by atoms with Crippen LogP contribution in [0.1, 0.15) is 55.4 Å². The molecule has 0 aromatic carbocycles. The molecule has 0 aliphatic carbocycles. The molecule has 382 valence electrons. The van der Waals surface area contributed by atoms with Gasteiger partial charge in [0.1, 0.15) is 0 Å². The Morgan fingerprint density at radius 3 is 0.885 bits per heavy atom. The van der Waals surface area contributed by atoms with E-state index in [0.29, 0.717) is 0 Å². The first-order valence-corrected chi connectivity index (χ1v) is 22.8. The van der Waals surface area contributed by atoms with Gasteiger partial charge in [-0.25, -0.2) is 0 Å². The van der Waals surface area contributed by atoms with Gasteiger partial charge in [-0.2, -0.15) is 0 Å². The van der Waals surface area contributed by atoms with Crippen LogP contribution in [0.25, 0.3) is 0 Å². The topological polar surface area (TPSA) is 126 Å². The Labute approximate surface area is 382 Å². The highest BCUT2D eigenvalue weighted by molar-refractivity contribution is 4.45. The smallest absolute Gasteiger partial charge is 0.0593 e. The summed E-state index contributed by atoms with van der Waals surface area (Å²) in [5.41, 5.74) is 0. The maximum atomic E-state index is 5.16. The summed E-state index contributed by atoms with van der Waals surface area (Å²) in [4.78, 5) is 10.7. The van der Waals surface area contributed by atoms with Gasteiger partial charge >= 0.3 is 0 Å². The molecule has 0 saturated heterocycles. The van der Waals surface area contributed by atoms with Crippen molar-refractivity contribution in [2.45, 2.75) is 55.4 Å². The molecule has 0 aromatic rings. The zero-order chi connectivity index (χ0) is 48.6. The molecule has 0 amide bonds. The normalized spacial score (nSPS) is 10.1. The van der Waals surface area contributed by atoms with Gasteiger partial charge in [-0.05, 0) is 117 Å². The number of nitrogens with zero attached hydrogens (tertiary/aromatic N) is 5. The molecule has 0 rings (SSSR count). The van der Waals surface area contributed by atoms with Crippen LogP contribution in [-0.4, -0.2) is 274 Å².